The van der Waals surface area contributed by atoms with Gasteiger partial charge in [-0.15, -0.1) is 0 Å². The Morgan fingerprint density at radius 1 is 1.18 bits per heavy atom. The van der Waals surface area contributed by atoms with Crippen LogP contribution in [0.2, 0.25) is 0 Å². The van der Waals surface area contributed by atoms with Gasteiger partial charge in [0, 0.05) is 32.0 Å². The maximum atomic E-state index is 13.6. The Bertz CT molecular complexity index is 1490. The molecular weight excluding hydrogens is 576 g/mol. The Hall–Kier alpha value is -3.80. The molecule has 1 aromatic carbocycles. The number of halogens is 6. The van der Waals surface area contributed by atoms with Gasteiger partial charge in [0.2, 0.25) is 10.0 Å². The molecule has 2 aliphatic heterocycles. The summed E-state index contributed by atoms with van der Waals surface area (Å²) in [7, 11) is -3.08. The highest BCUT2D eigenvalue weighted by molar-refractivity contribution is 7.89. The number of hydrogen-bond donors (Lipinski definition) is 3. The van der Waals surface area contributed by atoms with Crippen LogP contribution in [-0.4, -0.2) is 73.1 Å². The fraction of sp³-hybridized carbons (Fsp3) is 0.409. The summed E-state index contributed by atoms with van der Waals surface area (Å²) in [6.45, 7) is -0.652. The van der Waals surface area contributed by atoms with Gasteiger partial charge in [-0.1, -0.05) is 0 Å². The van der Waals surface area contributed by atoms with Crippen LogP contribution in [0.15, 0.2) is 29.3 Å². The summed E-state index contributed by atoms with van der Waals surface area (Å²) in [6, 6.07) is 0.181. The molecule has 40 heavy (non-hydrogen) atoms. The number of rotatable bonds is 4. The summed E-state index contributed by atoms with van der Waals surface area (Å²) in [5.74, 6) is -5.40. The van der Waals surface area contributed by atoms with Gasteiger partial charge in [-0.2, -0.15) is 17.9 Å². The Morgan fingerprint density at radius 3 is 2.42 bits per heavy atom. The quantitative estimate of drug-likeness (QED) is 0.362. The highest BCUT2D eigenvalue weighted by Crippen LogP contribution is 2.37. The van der Waals surface area contributed by atoms with E-state index in [1.54, 1.807) is 0 Å². The summed E-state index contributed by atoms with van der Waals surface area (Å²) >= 11 is 0. The van der Waals surface area contributed by atoms with Gasteiger partial charge in [0.05, 0.1) is 5.56 Å². The molecule has 1 fully saturated rings. The SMILES string of the molecule is C[C@@H](NC(=O)C(=O)N1CC2(COc3c(cn(C)c3C(=O)Nc3ccc(F)c(C(F)F)c3)S(=O)(=O)N2)C1)C(F)(F)F. The zero-order valence-corrected chi connectivity index (χ0v) is 21.4. The van der Waals surface area contributed by atoms with Crippen molar-refractivity contribution in [1.29, 1.82) is 0 Å². The molecule has 0 saturated carbocycles. The van der Waals surface area contributed by atoms with E-state index < -0.39 is 93.6 Å². The van der Waals surface area contributed by atoms with E-state index in [1.165, 1.54) is 12.4 Å². The van der Waals surface area contributed by atoms with E-state index in [-0.39, 0.29) is 11.4 Å². The van der Waals surface area contributed by atoms with E-state index >= 15 is 0 Å². The highest BCUT2D eigenvalue weighted by atomic mass is 32.2. The molecule has 0 aliphatic carbocycles. The minimum Gasteiger partial charge on any atom is -0.488 e. The number of carbonyl (C=O) groups is 3. The first kappa shape index (κ1) is 29.2. The normalized spacial score (nSPS) is 18.3. The van der Waals surface area contributed by atoms with E-state index in [0.29, 0.717) is 6.92 Å². The second-order valence-electron chi connectivity index (χ2n) is 9.35. The average Bonchev–Trinajstić information content (AvgIpc) is 3.11. The number of anilines is 1. The molecule has 0 bridgehead atoms. The fourth-order valence-corrected chi connectivity index (χ4v) is 5.76. The van der Waals surface area contributed by atoms with Gasteiger partial charge in [-0.3, -0.25) is 14.4 Å². The number of likely N-dealkylation sites (tertiary alicyclic amines) is 1. The number of carbonyl (C=O) groups excluding carboxylic acids is 3. The molecule has 2 aromatic rings. The van der Waals surface area contributed by atoms with Crippen molar-refractivity contribution in [1.82, 2.24) is 19.5 Å². The highest BCUT2D eigenvalue weighted by Gasteiger charge is 2.53. The molecule has 3 N–H and O–H groups in total. The van der Waals surface area contributed by atoms with Crippen LogP contribution in [0.3, 0.4) is 0 Å². The first-order valence-electron chi connectivity index (χ1n) is 11.4. The maximum Gasteiger partial charge on any atom is 0.408 e. The van der Waals surface area contributed by atoms with Crippen molar-refractivity contribution in [3.05, 3.63) is 41.5 Å². The van der Waals surface area contributed by atoms with Gasteiger partial charge in [0.1, 0.15) is 28.9 Å². The lowest BCUT2D eigenvalue weighted by molar-refractivity contribution is -0.164. The van der Waals surface area contributed by atoms with Crippen LogP contribution in [-0.2, 0) is 26.7 Å². The number of aromatic nitrogens is 1. The van der Waals surface area contributed by atoms with Crippen LogP contribution in [0.1, 0.15) is 29.4 Å². The molecule has 4 rings (SSSR count). The topological polar surface area (TPSA) is 139 Å². The number of aryl methyl sites for hydroxylation is 1. The average molecular weight is 597 g/mol. The maximum absolute atomic E-state index is 13.6. The smallest absolute Gasteiger partial charge is 0.408 e. The van der Waals surface area contributed by atoms with Gasteiger partial charge >= 0.3 is 18.0 Å². The van der Waals surface area contributed by atoms with Gasteiger partial charge in [-0.25, -0.2) is 21.6 Å². The number of nitrogens with one attached hydrogen (secondary N) is 3. The van der Waals surface area contributed by atoms with E-state index in [4.69, 9.17) is 4.74 Å². The second-order valence-corrected chi connectivity index (χ2v) is 11.0. The molecule has 11 nitrogen and oxygen atoms in total. The number of alkyl halides is 5. The minimum absolute atomic E-state index is 0.200. The number of fused-ring (bicyclic) bond motifs is 1. The van der Waals surface area contributed by atoms with Crippen molar-refractivity contribution in [2.45, 2.75) is 36.0 Å². The van der Waals surface area contributed by atoms with Crippen molar-refractivity contribution < 1.29 is 53.9 Å². The van der Waals surface area contributed by atoms with E-state index in [0.717, 1.165) is 33.9 Å². The second kappa shape index (κ2) is 9.99. The van der Waals surface area contributed by atoms with Gasteiger partial charge in [0.25, 0.3) is 12.3 Å². The van der Waals surface area contributed by atoms with Gasteiger partial charge in [-0.05, 0) is 25.1 Å². The largest absolute Gasteiger partial charge is 0.488 e. The third-order valence-electron chi connectivity index (χ3n) is 6.25. The molecule has 3 amide bonds. The molecule has 1 saturated heterocycles. The van der Waals surface area contributed by atoms with E-state index in [2.05, 4.69) is 10.0 Å². The number of hydrogen-bond acceptors (Lipinski definition) is 6. The molecule has 1 aromatic heterocycles. The third kappa shape index (κ3) is 5.45. The number of nitrogens with zero attached hydrogens (tertiary/aromatic N) is 2. The van der Waals surface area contributed by atoms with Gasteiger partial charge < -0.3 is 24.8 Å². The lowest BCUT2D eigenvalue weighted by Crippen LogP contribution is -2.74. The number of ether oxygens (including phenoxy) is 1. The molecule has 1 spiro atoms. The molecule has 18 heteroatoms. The molecule has 0 radical (unpaired) electrons. The Balaban J connectivity index is 1.51. The fourth-order valence-electron chi connectivity index (χ4n) is 4.20. The molecule has 218 valence electrons. The van der Waals surface area contributed by atoms with Crippen LogP contribution in [0, 0.1) is 5.82 Å². The first-order chi connectivity index (χ1) is 18.4. The lowest BCUT2D eigenvalue weighted by atomic mass is 9.92. The van der Waals surface area contributed by atoms with Gasteiger partial charge in [0.15, 0.2) is 11.4 Å². The zero-order valence-electron chi connectivity index (χ0n) is 20.6. The Labute approximate surface area is 222 Å². The monoisotopic (exact) mass is 597 g/mol. The van der Waals surface area contributed by atoms with Crippen molar-refractivity contribution in [2.24, 2.45) is 7.05 Å². The summed E-state index contributed by atoms with van der Waals surface area (Å²) in [6.07, 6.45) is -6.89. The predicted octanol–water partition coefficient (Wildman–Crippen LogP) is 1.67. The number of amides is 3. The van der Waals surface area contributed by atoms with Crippen molar-refractivity contribution in [3.8, 4) is 5.75 Å². The van der Waals surface area contributed by atoms with E-state index in [1.807, 2.05) is 0 Å². The van der Waals surface area contributed by atoms with Crippen LogP contribution in [0.25, 0.3) is 0 Å². The van der Waals surface area contributed by atoms with E-state index in [9.17, 15) is 49.1 Å². The third-order valence-corrected chi connectivity index (χ3v) is 7.82. The summed E-state index contributed by atoms with van der Waals surface area (Å²) in [5, 5.41) is 3.81. The summed E-state index contributed by atoms with van der Waals surface area (Å²) in [4.78, 5) is 37.6. The van der Waals surface area contributed by atoms with Crippen LogP contribution in [0.4, 0.5) is 32.0 Å². The Kier molecular flexibility index (Phi) is 7.29. The molecule has 0 unspecified atom stereocenters. The molecule has 1 atom stereocenters. The van der Waals surface area contributed by atoms with Crippen LogP contribution < -0.4 is 20.1 Å². The molecular formula is C22H21F6N5O6S. The van der Waals surface area contributed by atoms with Crippen LogP contribution in [0.5, 0.6) is 5.75 Å². The number of sulfonamides is 1. The zero-order chi connectivity index (χ0) is 29.8. The number of benzene rings is 1. The van der Waals surface area contributed by atoms with Crippen LogP contribution >= 0.6 is 0 Å². The lowest BCUT2D eigenvalue weighted by Gasteiger charge is -2.48. The van der Waals surface area contributed by atoms with Crippen molar-refractivity contribution in [2.75, 3.05) is 25.0 Å². The predicted molar refractivity (Wildman–Crippen MR) is 124 cm³/mol. The minimum atomic E-state index is -4.78. The van der Waals surface area contributed by atoms with Crippen molar-refractivity contribution in [3.63, 3.8) is 0 Å². The summed E-state index contributed by atoms with van der Waals surface area (Å²) in [5.41, 5.74) is -2.95. The standard InChI is InChI=1S/C22H21F6N5O6S/c1-10(22(26,27)28)29-19(35)20(36)33-7-21(8-33)9-39-16-14(40(37,38)31-21)6-32(2)15(16)18(34)30-11-3-4-13(23)12(5-11)17(24)25/h3-6,10,17,31H,7-9H2,1-2H3,(H,29,35)(H,30,34)/t10-/m1/s1. The molecule has 2 aliphatic rings. The van der Waals surface area contributed by atoms with Crippen molar-refractivity contribution >= 4 is 33.4 Å². The summed E-state index contributed by atoms with van der Waals surface area (Å²) < 4.78 is 113. The molecule has 3 heterocycles. The Morgan fingerprint density at radius 2 is 1.82 bits per heavy atom. The first-order valence-corrected chi connectivity index (χ1v) is 12.8.